The zero-order valence-corrected chi connectivity index (χ0v) is 17.8. The van der Waals surface area contributed by atoms with Crippen LogP contribution in [0.5, 0.6) is 5.88 Å². The zero-order valence-electron chi connectivity index (χ0n) is 17.8. The number of pyridine rings is 3. The molecule has 4 aromatic rings. The van der Waals surface area contributed by atoms with Gasteiger partial charge in [-0.1, -0.05) is 19.9 Å². The van der Waals surface area contributed by atoms with E-state index in [-0.39, 0.29) is 5.92 Å². The van der Waals surface area contributed by atoms with Crippen LogP contribution in [-0.2, 0) is 13.6 Å². The van der Waals surface area contributed by atoms with Crippen molar-refractivity contribution >= 4 is 16.7 Å². The third-order valence-corrected chi connectivity index (χ3v) is 4.88. The van der Waals surface area contributed by atoms with E-state index in [0.29, 0.717) is 19.0 Å². The largest absolute Gasteiger partial charge is 0.477 e. The Morgan fingerprint density at radius 1 is 1.10 bits per heavy atom. The Morgan fingerprint density at radius 3 is 2.67 bits per heavy atom. The molecule has 0 saturated carbocycles. The topological polar surface area (TPSA) is 77.8 Å². The Hall–Kier alpha value is -3.48. The second-order valence-electron chi connectivity index (χ2n) is 7.38. The highest BCUT2D eigenvalue weighted by Crippen LogP contribution is 2.35. The lowest BCUT2D eigenvalue weighted by molar-refractivity contribution is 0.328. The minimum Gasteiger partial charge on any atom is -0.477 e. The van der Waals surface area contributed by atoms with Crippen molar-refractivity contribution in [1.29, 1.82) is 0 Å². The van der Waals surface area contributed by atoms with Crippen LogP contribution in [0.2, 0.25) is 0 Å². The first-order chi connectivity index (χ1) is 14.6. The molecule has 4 rings (SSSR count). The molecule has 0 amide bonds. The minimum absolute atomic E-state index is 0.272. The number of anilines is 1. The standard InChI is InChI=1S/C23H26N6O/c1-5-30-23-17(10-8-12-25-23)18-13-19(26-14-16-9-6-7-11-24-16)20-21(15(2)3)28-29(4)22(20)27-18/h6-13,15H,5,14H2,1-4H3,(H,26,27). The first-order valence-electron chi connectivity index (χ1n) is 10.2. The van der Waals surface area contributed by atoms with Crippen molar-refractivity contribution < 1.29 is 4.74 Å². The van der Waals surface area contributed by atoms with E-state index in [1.165, 1.54) is 0 Å². The molecular weight excluding hydrogens is 376 g/mol. The highest BCUT2D eigenvalue weighted by Gasteiger charge is 2.20. The summed E-state index contributed by atoms with van der Waals surface area (Å²) in [5.41, 5.74) is 5.44. The maximum absolute atomic E-state index is 5.74. The Morgan fingerprint density at radius 2 is 1.93 bits per heavy atom. The monoisotopic (exact) mass is 402 g/mol. The molecule has 0 unspecified atom stereocenters. The number of nitrogens with one attached hydrogen (secondary N) is 1. The van der Waals surface area contributed by atoms with Gasteiger partial charge in [0.2, 0.25) is 5.88 Å². The molecule has 0 aliphatic carbocycles. The Kier molecular flexibility index (Phi) is 5.61. The lowest BCUT2D eigenvalue weighted by Gasteiger charge is -2.13. The van der Waals surface area contributed by atoms with Crippen molar-refractivity contribution in [3.63, 3.8) is 0 Å². The molecule has 0 aromatic carbocycles. The van der Waals surface area contributed by atoms with Crippen molar-refractivity contribution in [2.45, 2.75) is 33.2 Å². The number of ether oxygens (including phenoxy) is 1. The fourth-order valence-electron chi connectivity index (χ4n) is 3.48. The summed E-state index contributed by atoms with van der Waals surface area (Å²) in [6, 6.07) is 11.8. The molecule has 0 spiro atoms. The Balaban J connectivity index is 1.86. The van der Waals surface area contributed by atoms with E-state index in [1.54, 1.807) is 12.4 Å². The second-order valence-corrected chi connectivity index (χ2v) is 7.38. The molecule has 0 aliphatic heterocycles. The summed E-state index contributed by atoms with van der Waals surface area (Å²) in [6.45, 7) is 7.39. The van der Waals surface area contributed by atoms with Crippen molar-refractivity contribution in [2.24, 2.45) is 7.05 Å². The summed E-state index contributed by atoms with van der Waals surface area (Å²) in [5.74, 6) is 0.850. The molecule has 0 bridgehead atoms. The summed E-state index contributed by atoms with van der Waals surface area (Å²) < 4.78 is 7.59. The van der Waals surface area contributed by atoms with Crippen LogP contribution < -0.4 is 10.1 Å². The third-order valence-electron chi connectivity index (χ3n) is 4.88. The van der Waals surface area contributed by atoms with E-state index in [0.717, 1.165) is 39.4 Å². The molecule has 4 aromatic heterocycles. The van der Waals surface area contributed by atoms with Gasteiger partial charge in [-0.2, -0.15) is 5.10 Å². The maximum Gasteiger partial charge on any atom is 0.222 e. The molecule has 0 radical (unpaired) electrons. The van der Waals surface area contributed by atoms with Gasteiger partial charge in [0.25, 0.3) is 0 Å². The van der Waals surface area contributed by atoms with Gasteiger partial charge >= 0.3 is 0 Å². The molecule has 0 saturated heterocycles. The number of aryl methyl sites for hydroxylation is 1. The number of hydrogen-bond acceptors (Lipinski definition) is 6. The van der Waals surface area contributed by atoms with E-state index < -0.39 is 0 Å². The molecule has 7 nitrogen and oxygen atoms in total. The van der Waals surface area contributed by atoms with Gasteiger partial charge < -0.3 is 10.1 Å². The lowest BCUT2D eigenvalue weighted by Crippen LogP contribution is -2.04. The van der Waals surface area contributed by atoms with Crippen molar-refractivity contribution in [1.82, 2.24) is 24.7 Å². The van der Waals surface area contributed by atoms with Crippen molar-refractivity contribution in [2.75, 3.05) is 11.9 Å². The Labute approximate surface area is 176 Å². The van der Waals surface area contributed by atoms with Crippen LogP contribution in [0, 0.1) is 0 Å². The van der Waals surface area contributed by atoms with Crippen molar-refractivity contribution in [3.05, 3.63) is 60.2 Å². The van der Waals surface area contributed by atoms with E-state index in [9.17, 15) is 0 Å². The second kappa shape index (κ2) is 8.49. The summed E-state index contributed by atoms with van der Waals surface area (Å²) in [6.07, 6.45) is 3.53. The van der Waals surface area contributed by atoms with Crippen LogP contribution in [0.15, 0.2) is 48.8 Å². The first-order valence-corrected chi connectivity index (χ1v) is 10.2. The fourth-order valence-corrected chi connectivity index (χ4v) is 3.48. The predicted octanol–water partition coefficient (Wildman–Crippen LogP) is 4.56. The molecule has 7 heteroatoms. The van der Waals surface area contributed by atoms with E-state index >= 15 is 0 Å². The molecule has 0 fully saturated rings. The average Bonchev–Trinajstić information content (AvgIpc) is 3.10. The third kappa shape index (κ3) is 3.83. The van der Waals surface area contributed by atoms with Crippen LogP contribution >= 0.6 is 0 Å². The zero-order chi connectivity index (χ0) is 21.1. The number of rotatable bonds is 7. The van der Waals surface area contributed by atoms with Crippen LogP contribution in [0.1, 0.15) is 38.1 Å². The van der Waals surface area contributed by atoms with Crippen LogP contribution in [0.3, 0.4) is 0 Å². The lowest BCUT2D eigenvalue weighted by atomic mass is 10.0. The summed E-state index contributed by atoms with van der Waals surface area (Å²) in [7, 11) is 1.93. The van der Waals surface area contributed by atoms with Gasteiger partial charge in [0.1, 0.15) is 0 Å². The van der Waals surface area contributed by atoms with Crippen LogP contribution in [-0.4, -0.2) is 31.3 Å². The number of nitrogens with zero attached hydrogens (tertiary/aromatic N) is 5. The number of aromatic nitrogens is 5. The van der Waals surface area contributed by atoms with Gasteiger partial charge in [0.05, 0.1) is 41.2 Å². The SMILES string of the molecule is CCOc1ncccc1-c1cc(NCc2ccccn2)c2c(C(C)C)nn(C)c2n1. The molecule has 154 valence electrons. The highest BCUT2D eigenvalue weighted by molar-refractivity contribution is 5.94. The van der Waals surface area contributed by atoms with Crippen molar-refractivity contribution in [3.8, 4) is 17.1 Å². The molecule has 0 atom stereocenters. The first kappa shape index (κ1) is 19.8. The van der Waals surface area contributed by atoms with Gasteiger partial charge in [-0.05, 0) is 43.2 Å². The van der Waals surface area contributed by atoms with E-state index in [4.69, 9.17) is 14.8 Å². The number of fused-ring (bicyclic) bond motifs is 1. The highest BCUT2D eigenvalue weighted by atomic mass is 16.5. The average molecular weight is 403 g/mol. The van der Waals surface area contributed by atoms with Crippen LogP contribution in [0.25, 0.3) is 22.3 Å². The molecular formula is C23H26N6O. The molecule has 30 heavy (non-hydrogen) atoms. The summed E-state index contributed by atoms with van der Waals surface area (Å²) in [4.78, 5) is 13.7. The van der Waals surface area contributed by atoms with Gasteiger partial charge in [0.15, 0.2) is 5.65 Å². The quantitative estimate of drug-likeness (QED) is 0.488. The van der Waals surface area contributed by atoms with Gasteiger partial charge in [0, 0.05) is 25.1 Å². The summed E-state index contributed by atoms with van der Waals surface area (Å²) >= 11 is 0. The van der Waals surface area contributed by atoms with Gasteiger partial charge in [-0.25, -0.2) is 9.97 Å². The molecule has 0 aliphatic rings. The number of hydrogen-bond donors (Lipinski definition) is 1. The summed E-state index contributed by atoms with van der Waals surface area (Å²) in [5, 5.41) is 9.34. The van der Waals surface area contributed by atoms with Gasteiger partial charge in [-0.3, -0.25) is 9.67 Å². The smallest absolute Gasteiger partial charge is 0.222 e. The van der Waals surface area contributed by atoms with Crippen LogP contribution in [0.4, 0.5) is 5.69 Å². The predicted molar refractivity (Wildman–Crippen MR) is 119 cm³/mol. The fraction of sp³-hybridized carbons (Fsp3) is 0.304. The normalized spacial score (nSPS) is 11.2. The minimum atomic E-state index is 0.272. The van der Waals surface area contributed by atoms with E-state index in [2.05, 4.69) is 35.2 Å². The van der Waals surface area contributed by atoms with Gasteiger partial charge in [-0.15, -0.1) is 0 Å². The molecule has 1 N–H and O–H groups in total. The molecule has 4 heterocycles. The van der Waals surface area contributed by atoms with E-state index in [1.807, 2.05) is 49.0 Å². The Bertz CT molecular complexity index is 1150. The maximum atomic E-state index is 5.74.